The molecule has 0 fully saturated rings. The van der Waals surface area contributed by atoms with Crippen molar-refractivity contribution in [3.63, 3.8) is 0 Å². The van der Waals surface area contributed by atoms with Gasteiger partial charge in [-0.3, -0.25) is 0 Å². The van der Waals surface area contributed by atoms with E-state index in [0.29, 0.717) is 45.9 Å². The van der Waals surface area contributed by atoms with E-state index < -0.39 is 0 Å². The molecule has 0 radical (unpaired) electrons. The van der Waals surface area contributed by atoms with Gasteiger partial charge >= 0.3 is 0 Å². The lowest BCUT2D eigenvalue weighted by molar-refractivity contribution is 1.11. The first-order valence-electron chi connectivity index (χ1n) is 13.3. The van der Waals surface area contributed by atoms with Gasteiger partial charge in [-0.1, -0.05) is 90.5 Å². The van der Waals surface area contributed by atoms with E-state index in [1.807, 2.05) is 85.0 Å². The largest absolute Gasteiger partial charge is 0.324 e. The van der Waals surface area contributed by atoms with E-state index >= 15 is 0 Å². The van der Waals surface area contributed by atoms with Crippen LogP contribution in [0.2, 0.25) is 0 Å². The summed E-state index contributed by atoms with van der Waals surface area (Å²) in [5.41, 5.74) is 5.64. The molecule has 0 spiro atoms. The summed E-state index contributed by atoms with van der Waals surface area (Å²) < 4.78 is 0. The Hall–Kier alpha value is -5.76. The fraction of sp³-hybridized carbons (Fsp3) is 0.0303. The third-order valence-corrected chi connectivity index (χ3v) is 7.16. The third-order valence-electron chi connectivity index (χ3n) is 7.16. The zero-order chi connectivity index (χ0) is 27.3. The molecule has 8 bridgehead atoms. The van der Waals surface area contributed by atoms with Crippen LogP contribution in [0.5, 0.6) is 0 Å². The highest BCUT2D eigenvalue weighted by atomic mass is 15.0. The van der Waals surface area contributed by atoms with Gasteiger partial charge in [0.1, 0.15) is 22.6 Å². The summed E-state index contributed by atoms with van der Waals surface area (Å²) in [4.78, 5) is 36.6. The van der Waals surface area contributed by atoms with Gasteiger partial charge in [-0.05, 0) is 25.1 Å². The van der Waals surface area contributed by atoms with Crippen LogP contribution in [0.15, 0.2) is 91.0 Å². The van der Waals surface area contributed by atoms with Crippen molar-refractivity contribution < 1.29 is 0 Å². The Bertz CT molecular complexity index is 2280. The standard InChI is InChI=1S/C33H22N8/c1-19-16-17-24-25(18-19)33-38-29(24)36-27-15-5-3-2-4-14-26(34-27)35-28-20-10-6-7-11-21(20)30(37-28)39-31-22-12-8-9-13-23(22)32(40-31)41-33/h2-18H,1H3,(H2,34,35,36,37,38,39,40,41). The summed E-state index contributed by atoms with van der Waals surface area (Å²) in [6.45, 7) is 2.07. The Morgan fingerprint density at radius 2 is 0.976 bits per heavy atom. The number of benzene rings is 3. The van der Waals surface area contributed by atoms with Crippen molar-refractivity contribution in [2.45, 2.75) is 6.92 Å². The molecule has 6 aromatic rings. The first-order valence-corrected chi connectivity index (χ1v) is 13.3. The van der Waals surface area contributed by atoms with E-state index in [2.05, 4.69) is 35.1 Å². The minimum Gasteiger partial charge on any atom is -0.324 e. The Balaban J connectivity index is 1.60. The molecule has 3 aromatic heterocycles. The van der Waals surface area contributed by atoms with Crippen molar-refractivity contribution in [2.75, 3.05) is 0 Å². The first-order chi connectivity index (χ1) is 20.2. The van der Waals surface area contributed by atoms with E-state index in [9.17, 15) is 0 Å². The van der Waals surface area contributed by atoms with Crippen LogP contribution in [0.1, 0.15) is 17.2 Å². The van der Waals surface area contributed by atoms with Gasteiger partial charge in [0.15, 0.2) is 23.3 Å². The highest BCUT2D eigenvalue weighted by Crippen LogP contribution is 2.34. The molecule has 2 N–H and O–H groups in total. The van der Waals surface area contributed by atoms with E-state index in [0.717, 1.165) is 38.2 Å². The van der Waals surface area contributed by atoms with Crippen molar-refractivity contribution >= 4 is 56.3 Å². The van der Waals surface area contributed by atoms with Crippen LogP contribution < -0.4 is 0 Å². The van der Waals surface area contributed by atoms with Crippen molar-refractivity contribution in [1.29, 1.82) is 0 Å². The van der Waals surface area contributed by atoms with Crippen LogP contribution in [0.4, 0.5) is 0 Å². The number of aromatic amines is 2. The SMILES string of the molecule is Cc1ccc2c3nc4nc(nc5[nH]c(nc6nc(nc([nH]3)c2c1)-c1ccccc1-6)c1ccccc51)/C=C/C=C\C=C\4. The van der Waals surface area contributed by atoms with Gasteiger partial charge in [-0.25, -0.2) is 29.9 Å². The molecule has 0 saturated heterocycles. The molecule has 194 valence electrons. The number of hydrogen-bond acceptors (Lipinski definition) is 6. The summed E-state index contributed by atoms with van der Waals surface area (Å²) in [5.74, 6) is 2.19. The number of hydrogen-bond donors (Lipinski definition) is 2. The monoisotopic (exact) mass is 530 g/mol. The maximum atomic E-state index is 5.04. The number of nitrogens with zero attached hydrogens (tertiary/aromatic N) is 6. The second-order valence-corrected chi connectivity index (χ2v) is 9.92. The van der Waals surface area contributed by atoms with Crippen LogP contribution in [-0.2, 0) is 0 Å². The van der Waals surface area contributed by atoms with Crippen molar-refractivity contribution in [2.24, 2.45) is 0 Å². The molecule has 0 atom stereocenters. The van der Waals surface area contributed by atoms with Crippen LogP contribution >= 0.6 is 0 Å². The molecule has 2 aliphatic rings. The molecule has 8 rings (SSSR count). The Morgan fingerprint density at radius 1 is 0.463 bits per heavy atom. The average Bonchev–Trinajstić information content (AvgIpc) is 3.64. The maximum Gasteiger partial charge on any atom is 0.164 e. The fourth-order valence-corrected chi connectivity index (χ4v) is 5.24. The number of fused-ring (bicyclic) bond motifs is 17. The summed E-state index contributed by atoms with van der Waals surface area (Å²) in [5, 5.41) is 3.78. The molecular weight excluding hydrogens is 508 g/mol. The number of aryl methyl sites for hydroxylation is 1. The Labute approximate surface area is 234 Å². The number of H-pyrrole nitrogens is 2. The van der Waals surface area contributed by atoms with Crippen LogP contribution in [0, 0.1) is 6.92 Å². The topological polar surface area (TPSA) is 109 Å². The lowest BCUT2D eigenvalue weighted by Gasteiger charge is -1.96. The van der Waals surface area contributed by atoms with Gasteiger partial charge in [0, 0.05) is 32.7 Å². The molecule has 0 amide bonds. The molecule has 0 aliphatic carbocycles. The van der Waals surface area contributed by atoms with Gasteiger partial charge < -0.3 is 9.97 Å². The Kier molecular flexibility index (Phi) is 5.18. The van der Waals surface area contributed by atoms with Crippen molar-refractivity contribution in [1.82, 2.24) is 39.9 Å². The minimum atomic E-state index is 0.501. The molecule has 0 saturated carbocycles. The van der Waals surface area contributed by atoms with Gasteiger partial charge in [-0.15, -0.1) is 0 Å². The van der Waals surface area contributed by atoms with E-state index in [1.165, 1.54) is 0 Å². The number of allylic oxidation sites excluding steroid dienone is 4. The van der Waals surface area contributed by atoms with E-state index in [-0.39, 0.29) is 0 Å². The lowest BCUT2D eigenvalue weighted by Crippen LogP contribution is -1.90. The Morgan fingerprint density at radius 3 is 1.59 bits per heavy atom. The number of rotatable bonds is 0. The normalized spacial score (nSPS) is 15.0. The van der Waals surface area contributed by atoms with Crippen LogP contribution in [0.25, 0.3) is 79.1 Å². The smallest absolute Gasteiger partial charge is 0.164 e. The second kappa shape index (κ2) is 9.17. The molecule has 0 unspecified atom stereocenters. The molecule has 2 aliphatic heterocycles. The second-order valence-electron chi connectivity index (χ2n) is 9.92. The zero-order valence-electron chi connectivity index (χ0n) is 22.0. The molecular formula is C33H22N8. The summed E-state index contributed by atoms with van der Waals surface area (Å²) >= 11 is 0. The lowest BCUT2D eigenvalue weighted by atomic mass is 10.1. The number of nitrogens with one attached hydrogen (secondary N) is 2. The van der Waals surface area contributed by atoms with Gasteiger partial charge in [0.05, 0.1) is 0 Å². The van der Waals surface area contributed by atoms with Gasteiger partial charge in [0.2, 0.25) is 0 Å². The van der Waals surface area contributed by atoms with Gasteiger partial charge in [-0.2, -0.15) is 0 Å². The molecule has 3 aromatic carbocycles. The molecule has 8 nitrogen and oxygen atoms in total. The predicted molar refractivity (Wildman–Crippen MR) is 164 cm³/mol. The fourth-order valence-electron chi connectivity index (χ4n) is 5.24. The van der Waals surface area contributed by atoms with E-state index in [1.54, 1.807) is 0 Å². The summed E-state index contributed by atoms with van der Waals surface area (Å²) in [7, 11) is 0. The number of aromatic nitrogens is 8. The maximum absolute atomic E-state index is 5.04. The minimum absolute atomic E-state index is 0.501. The van der Waals surface area contributed by atoms with Crippen LogP contribution in [-0.4, -0.2) is 39.9 Å². The summed E-state index contributed by atoms with van der Waals surface area (Å²) in [6, 6.07) is 22.3. The highest BCUT2D eigenvalue weighted by Gasteiger charge is 2.19. The quantitative estimate of drug-likeness (QED) is 0.216. The summed E-state index contributed by atoms with van der Waals surface area (Å²) in [6.07, 6.45) is 11.4. The highest BCUT2D eigenvalue weighted by molar-refractivity contribution is 6.06. The van der Waals surface area contributed by atoms with E-state index in [4.69, 9.17) is 29.9 Å². The molecule has 5 heterocycles. The molecule has 8 heteroatoms. The average molecular weight is 531 g/mol. The molecule has 41 heavy (non-hydrogen) atoms. The van der Waals surface area contributed by atoms with Crippen LogP contribution in [0.3, 0.4) is 0 Å². The van der Waals surface area contributed by atoms with Crippen molar-refractivity contribution in [3.8, 4) is 22.8 Å². The zero-order valence-corrected chi connectivity index (χ0v) is 22.0. The van der Waals surface area contributed by atoms with Gasteiger partial charge in [0.25, 0.3) is 0 Å². The predicted octanol–water partition coefficient (Wildman–Crippen LogP) is 7.13. The third kappa shape index (κ3) is 4.01. The first kappa shape index (κ1) is 23.2. The van der Waals surface area contributed by atoms with Crippen molar-refractivity contribution in [3.05, 3.63) is 108 Å².